The van der Waals surface area contributed by atoms with E-state index < -0.39 is 30.0 Å². The number of carbonyl (C=O) groups excluding carboxylic acids is 2. The number of halogens is 2. The van der Waals surface area contributed by atoms with Crippen molar-refractivity contribution in [2.75, 3.05) is 19.7 Å². The van der Waals surface area contributed by atoms with Crippen LogP contribution in [0.4, 0.5) is 4.39 Å². The van der Waals surface area contributed by atoms with Gasteiger partial charge in [0.15, 0.2) is 18.9 Å². The Hall–Kier alpha value is -2.98. The third kappa shape index (κ3) is 7.03. The first kappa shape index (κ1) is 23.7. The van der Waals surface area contributed by atoms with Gasteiger partial charge in [-0.15, -0.1) is 0 Å². The normalized spacial score (nSPS) is 17.9. The molecular weight excluding hydrogens is 441 g/mol. The number of hydrogen-bond acceptors (Lipinski definition) is 6. The van der Waals surface area contributed by atoms with Gasteiger partial charge in [0.05, 0.1) is 5.02 Å². The van der Waals surface area contributed by atoms with Crippen LogP contribution in [0.15, 0.2) is 60.8 Å². The van der Waals surface area contributed by atoms with Gasteiger partial charge in [-0.1, -0.05) is 48.5 Å². The summed E-state index contributed by atoms with van der Waals surface area (Å²) in [6.45, 7) is 3.98. The molecule has 3 rings (SSSR count). The van der Waals surface area contributed by atoms with Crippen LogP contribution in [0.2, 0.25) is 5.02 Å². The van der Waals surface area contributed by atoms with Gasteiger partial charge in [0.1, 0.15) is 11.6 Å². The lowest BCUT2D eigenvalue weighted by Gasteiger charge is -2.28. The molecule has 10 heteroatoms. The van der Waals surface area contributed by atoms with Gasteiger partial charge in [0, 0.05) is 31.3 Å². The van der Waals surface area contributed by atoms with E-state index in [1.807, 2.05) is 30.3 Å². The fourth-order valence-electron chi connectivity index (χ4n) is 2.78. The van der Waals surface area contributed by atoms with Crippen molar-refractivity contribution in [3.63, 3.8) is 0 Å². The van der Waals surface area contributed by atoms with E-state index in [1.165, 1.54) is 12.1 Å². The van der Waals surface area contributed by atoms with Crippen molar-refractivity contribution < 1.29 is 28.5 Å². The predicted molar refractivity (Wildman–Crippen MR) is 115 cm³/mol. The Balaban J connectivity index is 1.31. The highest BCUT2D eigenvalue weighted by molar-refractivity contribution is 6.30. The molecule has 1 aliphatic heterocycles. The lowest BCUT2D eigenvalue weighted by atomic mass is 10.2. The van der Waals surface area contributed by atoms with E-state index >= 15 is 0 Å². The number of hydrogen-bond donors (Lipinski definition) is 3. The molecule has 0 spiro atoms. The standard InChI is InChI=1S/C22H23ClFN3O5/c1-14(9-10-25-20(28)13-30-16-7-8-17(23)18(24)11-16)27-21(29)19-12-26-22(32-31-19)15-5-3-2-4-6-15/h2-8,11,19,22,26H,1,9-10,12-13H2,(H,25,28)(H,27,29). The van der Waals surface area contributed by atoms with Gasteiger partial charge in [0.2, 0.25) is 0 Å². The van der Waals surface area contributed by atoms with Crippen molar-refractivity contribution in [1.29, 1.82) is 0 Å². The van der Waals surface area contributed by atoms with Crippen LogP contribution < -0.4 is 20.7 Å². The van der Waals surface area contributed by atoms with E-state index in [0.717, 1.165) is 11.6 Å². The summed E-state index contributed by atoms with van der Waals surface area (Å²) in [5, 5.41) is 8.32. The predicted octanol–water partition coefficient (Wildman–Crippen LogP) is 2.61. The summed E-state index contributed by atoms with van der Waals surface area (Å²) < 4.78 is 18.6. The minimum Gasteiger partial charge on any atom is -0.484 e. The first-order valence-corrected chi connectivity index (χ1v) is 10.2. The van der Waals surface area contributed by atoms with Crippen LogP contribution in [0, 0.1) is 5.82 Å². The van der Waals surface area contributed by atoms with Crippen LogP contribution in [0.25, 0.3) is 0 Å². The SMILES string of the molecule is C=C(CCNC(=O)COc1ccc(Cl)c(F)c1)NC(=O)C1CNC(c2ccccc2)OO1. The second-order valence-corrected chi connectivity index (χ2v) is 7.34. The van der Waals surface area contributed by atoms with Crippen molar-refractivity contribution in [1.82, 2.24) is 16.0 Å². The van der Waals surface area contributed by atoms with Crippen LogP contribution in [0.3, 0.4) is 0 Å². The fraction of sp³-hybridized carbons (Fsp3) is 0.273. The molecular formula is C22H23ClFN3O5. The van der Waals surface area contributed by atoms with Gasteiger partial charge in [-0.2, -0.15) is 0 Å². The third-order valence-electron chi connectivity index (χ3n) is 4.46. The lowest BCUT2D eigenvalue weighted by molar-refractivity contribution is -0.371. The summed E-state index contributed by atoms with van der Waals surface area (Å²) in [7, 11) is 0. The zero-order chi connectivity index (χ0) is 22.9. The highest BCUT2D eigenvalue weighted by Crippen LogP contribution is 2.20. The minimum atomic E-state index is -0.838. The number of amides is 2. The molecule has 2 atom stereocenters. The van der Waals surface area contributed by atoms with Gasteiger partial charge in [0.25, 0.3) is 11.8 Å². The molecule has 1 saturated heterocycles. The maximum Gasteiger partial charge on any atom is 0.257 e. The van der Waals surface area contributed by atoms with E-state index in [9.17, 15) is 14.0 Å². The summed E-state index contributed by atoms with van der Waals surface area (Å²) in [5.41, 5.74) is 1.29. The zero-order valence-electron chi connectivity index (χ0n) is 17.1. The average molecular weight is 464 g/mol. The van der Waals surface area contributed by atoms with E-state index in [0.29, 0.717) is 12.1 Å². The summed E-state index contributed by atoms with van der Waals surface area (Å²) in [6, 6.07) is 13.3. The third-order valence-corrected chi connectivity index (χ3v) is 4.77. The largest absolute Gasteiger partial charge is 0.484 e. The Morgan fingerprint density at radius 2 is 2.00 bits per heavy atom. The quantitative estimate of drug-likeness (QED) is 0.495. The van der Waals surface area contributed by atoms with E-state index in [2.05, 4.69) is 22.5 Å². The molecule has 1 heterocycles. The molecule has 2 aromatic carbocycles. The van der Waals surface area contributed by atoms with Gasteiger partial charge < -0.3 is 15.4 Å². The molecule has 0 radical (unpaired) electrons. The Labute approximate surface area is 189 Å². The van der Waals surface area contributed by atoms with Crippen LogP contribution in [-0.4, -0.2) is 37.6 Å². The fourth-order valence-corrected chi connectivity index (χ4v) is 2.90. The summed E-state index contributed by atoms with van der Waals surface area (Å²) in [5.74, 6) is -1.25. The van der Waals surface area contributed by atoms with Gasteiger partial charge in [-0.25, -0.2) is 14.2 Å². The zero-order valence-corrected chi connectivity index (χ0v) is 17.9. The maximum absolute atomic E-state index is 13.4. The molecule has 2 unspecified atom stereocenters. The highest BCUT2D eigenvalue weighted by Gasteiger charge is 2.29. The van der Waals surface area contributed by atoms with Crippen molar-refractivity contribution in [3.05, 3.63) is 77.2 Å². The Kier molecular flexibility index (Phi) is 8.57. The first-order chi connectivity index (χ1) is 15.4. The maximum atomic E-state index is 13.4. The molecule has 170 valence electrons. The minimum absolute atomic E-state index is 0.0284. The van der Waals surface area contributed by atoms with Gasteiger partial charge in [-0.3, -0.25) is 14.9 Å². The number of rotatable bonds is 9. The molecule has 0 aromatic heterocycles. The molecule has 2 aromatic rings. The molecule has 1 fully saturated rings. The molecule has 32 heavy (non-hydrogen) atoms. The van der Waals surface area contributed by atoms with E-state index in [-0.39, 0.29) is 30.5 Å². The summed E-state index contributed by atoms with van der Waals surface area (Å²) >= 11 is 5.59. The summed E-state index contributed by atoms with van der Waals surface area (Å²) in [4.78, 5) is 34.6. The van der Waals surface area contributed by atoms with E-state index in [1.54, 1.807) is 0 Å². The summed E-state index contributed by atoms with van der Waals surface area (Å²) in [6.07, 6.45) is -0.986. The van der Waals surface area contributed by atoms with Gasteiger partial charge >= 0.3 is 0 Å². The van der Waals surface area contributed by atoms with Crippen molar-refractivity contribution in [2.45, 2.75) is 18.8 Å². The molecule has 1 aliphatic rings. The smallest absolute Gasteiger partial charge is 0.257 e. The number of carbonyl (C=O) groups is 2. The molecule has 0 bridgehead atoms. The van der Waals surface area contributed by atoms with Crippen LogP contribution >= 0.6 is 11.6 Å². The average Bonchev–Trinajstić information content (AvgIpc) is 2.80. The van der Waals surface area contributed by atoms with E-state index in [4.69, 9.17) is 26.1 Å². The Bertz CT molecular complexity index is 952. The Morgan fingerprint density at radius 3 is 2.69 bits per heavy atom. The van der Waals surface area contributed by atoms with Crippen molar-refractivity contribution in [2.24, 2.45) is 0 Å². The lowest BCUT2D eigenvalue weighted by Crippen LogP contribution is -2.48. The van der Waals surface area contributed by atoms with Crippen LogP contribution in [0.5, 0.6) is 5.75 Å². The second kappa shape index (κ2) is 11.6. The number of nitrogens with one attached hydrogen (secondary N) is 3. The first-order valence-electron chi connectivity index (χ1n) is 9.86. The van der Waals surface area contributed by atoms with Crippen LogP contribution in [0.1, 0.15) is 18.2 Å². The van der Waals surface area contributed by atoms with Crippen molar-refractivity contribution in [3.8, 4) is 5.75 Å². The molecule has 3 N–H and O–H groups in total. The Morgan fingerprint density at radius 1 is 1.22 bits per heavy atom. The molecule has 0 aliphatic carbocycles. The van der Waals surface area contributed by atoms with Gasteiger partial charge in [-0.05, 0) is 17.7 Å². The second-order valence-electron chi connectivity index (χ2n) is 6.94. The monoisotopic (exact) mass is 463 g/mol. The molecule has 0 saturated carbocycles. The highest BCUT2D eigenvalue weighted by atomic mass is 35.5. The molecule has 8 nitrogen and oxygen atoms in total. The van der Waals surface area contributed by atoms with Crippen LogP contribution in [-0.2, 0) is 19.4 Å². The molecule has 2 amide bonds. The number of benzene rings is 2. The van der Waals surface area contributed by atoms with Crippen molar-refractivity contribution >= 4 is 23.4 Å². The topological polar surface area (TPSA) is 97.9 Å². The number of ether oxygens (including phenoxy) is 1.